The highest BCUT2D eigenvalue weighted by atomic mass is 32.1. The SMILES string of the molecule is Cc1ccc(-c2nc(C(=O)N3C[C@H](O)[C@@H](N(C)C)C3)cs2)n1C. The number of aliphatic hydroxyl groups excluding tert-OH is 1. The van der Waals surface area contributed by atoms with Gasteiger partial charge in [-0.05, 0) is 33.2 Å². The standard InChI is InChI=1S/C16H22N4O2S/c1-10-5-6-12(19(10)4)15-17-11(9-23-15)16(22)20-7-13(18(2)3)14(21)8-20/h5-6,9,13-14,21H,7-8H2,1-4H3/t13-,14-/m0/s1. The zero-order valence-corrected chi connectivity index (χ0v) is 14.7. The Bertz CT molecular complexity index is 721. The highest BCUT2D eigenvalue weighted by Crippen LogP contribution is 2.26. The number of aliphatic hydroxyl groups is 1. The van der Waals surface area contributed by atoms with E-state index in [1.54, 1.807) is 10.3 Å². The number of amides is 1. The summed E-state index contributed by atoms with van der Waals surface area (Å²) in [6.45, 7) is 2.93. The molecule has 0 unspecified atom stereocenters. The quantitative estimate of drug-likeness (QED) is 0.916. The van der Waals surface area contributed by atoms with Crippen molar-refractivity contribution in [3.05, 3.63) is 28.9 Å². The minimum Gasteiger partial charge on any atom is -0.390 e. The Hall–Kier alpha value is -1.70. The Morgan fingerprint density at radius 2 is 2.13 bits per heavy atom. The van der Waals surface area contributed by atoms with Crippen LogP contribution < -0.4 is 0 Å². The monoisotopic (exact) mass is 334 g/mol. The minimum absolute atomic E-state index is 0.0208. The molecular formula is C16H22N4O2S. The summed E-state index contributed by atoms with van der Waals surface area (Å²) < 4.78 is 2.06. The lowest BCUT2D eigenvalue weighted by Gasteiger charge is -2.21. The van der Waals surface area contributed by atoms with Crippen LogP contribution in [0.2, 0.25) is 0 Å². The predicted octanol–water partition coefficient (Wildman–Crippen LogP) is 1.20. The van der Waals surface area contributed by atoms with Crippen LogP contribution >= 0.6 is 11.3 Å². The molecule has 1 N–H and O–H groups in total. The minimum atomic E-state index is -0.512. The number of aromatic nitrogens is 2. The maximum absolute atomic E-state index is 12.6. The van der Waals surface area contributed by atoms with E-state index in [2.05, 4.69) is 9.55 Å². The summed E-state index contributed by atoms with van der Waals surface area (Å²) in [6, 6.07) is 4.04. The van der Waals surface area contributed by atoms with Crippen molar-refractivity contribution in [3.63, 3.8) is 0 Å². The number of hydrogen-bond acceptors (Lipinski definition) is 5. The number of aryl methyl sites for hydroxylation is 1. The van der Waals surface area contributed by atoms with Crippen LogP contribution in [-0.4, -0.2) is 69.7 Å². The Morgan fingerprint density at radius 1 is 1.39 bits per heavy atom. The van der Waals surface area contributed by atoms with E-state index >= 15 is 0 Å². The summed E-state index contributed by atoms with van der Waals surface area (Å²) in [5.41, 5.74) is 2.62. The molecule has 2 aromatic rings. The number of thiazole rings is 1. The van der Waals surface area contributed by atoms with Gasteiger partial charge in [-0.2, -0.15) is 0 Å². The third-order valence-corrected chi connectivity index (χ3v) is 5.39. The number of carbonyl (C=O) groups excluding carboxylic acids is 1. The molecule has 2 aromatic heterocycles. The number of carbonyl (C=O) groups is 1. The maximum atomic E-state index is 12.6. The van der Waals surface area contributed by atoms with Crippen LogP contribution in [0.1, 0.15) is 16.2 Å². The van der Waals surface area contributed by atoms with Crippen molar-refractivity contribution in [2.45, 2.75) is 19.1 Å². The summed E-state index contributed by atoms with van der Waals surface area (Å²) in [5.74, 6) is -0.109. The van der Waals surface area contributed by atoms with Crippen LogP contribution in [0, 0.1) is 6.92 Å². The van der Waals surface area contributed by atoms with Gasteiger partial charge in [0.15, 0.2) is 0 Å². The van der Waals surface area contributed by atoms with Gasteiger partial charge in [0, 0.05) is 31.2 Å². The molecule has 7 heteroatoms. The molecule has 0 spiro atoms. The fourth-order valence-electron chi connectivity index (χ4n) is 2.92. The second kappa shape index (κ2) is 6.07. The number of likely N-dealkylation sites (N-methyl/N-ethyl adjacent to an activating group) is 1. The lowest BCUT2D eigenvalue weighted by molar-refractivity contribution is 0.0759. The molecule has 0 aromatic carbocycles. The molecule has 0 aliphatic carbocycles. The zero-order chi connectivity index (χ0) is 16.7. The maximum Gasteiger partial charge on any atom is 0.273 e. The van der Waals surface area contributed by atoms with Crippen molar-refractivity contribution in [1.82, 2.24) is 19.4 Å². The summed E-state index contributed by atoms with van der Waals surface area (Å²) in [7, 11) is 5.83. The second-order valence-electron chi connectivity index (χ2n) is 6.27. The number of nitrogens with zero attached hydrogens (tertiary/aromatic N) is 4. The number of likely N-dealkylation sites (tertiary alicyclic amines) is 1. The van der Waals surface area contributed by atoms with Crippen molar-refractivity contribution in [3.8, 4) is 10.7 Å². The van der Waals surface area contributed by atoms with E-state index in [0.29, 0.717) is 18.8 Å². The number of rotatable bonds is 3. The summed E-state index contributed by atoms with van der Waals surface area (Å²) >= 11 is 1.47. The molecule has 6 nitrogen and oxygen atoms in total. The Morgan fingerprint density at radius 3 is 2.70 bits per heavy atom. The van der Waals surface area contributed by atoms with Crippen molar-refractivity contribution in [2.24, 2.45) is 7.05 Å². The lowest BCUT2D eigenvalue weighted by Crippen LogP contribution is -2.38. The highest BCUT2D eigenvalue weighted by molar-refractivity contribution is 7.13. The highest BCUT2D eigenvalue weighted by Gasteiger charge is 2.36. The molecule has 1 saturated heterocycles. The normalized spacial score (nSPS) is 21.4. The molecule has 0 radical (unpaired) electrons. The lowest BCUT2D eigenvalue weighted by atomic mass is 10.2. The largest absolute Gasteiger partial charge is 0.390 e. The summed E-state index contributed by atoms with van der Waals surface area (Å²) in [4.78, 5) is 20.8. The van der Waals surface area contributed by atoms with Crippen LogP contribution in [0.5, 0.6) is 0 Å². The molecule has 0 saturated carbocycles. The molecule has 1 fully saturated rings. The second-order valence-corrected chi connectivity index (χ2v) is 7.12. The van der Waals surface area contributed by atoms with E-state index in [4.69, 9.17) is 0 Å². The third kappa shape index (κ3) is 2.91. The first-order valence-electron chi connectivity index (χ1n) is 7.60. The Kier molecular flexibility index (Phi) is 4.27. The van der Waals surface area contributed by atoms with Gasteiger partial charge in [-0.1, -0.05) is 0 Å². The average molecular weight is 334 g/mol. The molecule has 124 valence electrons. The van der Waals surface area contributed by atoms with Crippen LogP contribution in [0.25, 0.3) is 10.7 Å². The zero-order valence-electron chi connectivity index (χ0n) is 13.9. The van der Waals surface area contributed by atoms with E-state index in [1.807, 2.05) is 45.1 Å². The van der Waals surface area contributed by atoms with Crippen LogP contribution in [-0.2, 0) is 7.05 Å². The molecule has 1 aliphatic heterocycles. The van der Waals surface area contributed by atoms with Crippen LogP contribution in [0.3, 0.4) is 0 Å². The van der Waals surface area contributed by atoms with Gasteiger partial charge in [0.25, 0.3) is 5.91 Å². The van der Waals surface area contributed by atoms with Crippen molar-refractivity contribution >= 4 is 17.2 Å². The molecule has 3 heterocycles. The predicted molar refractivity (Wildman–Crippen MR) is 90.6 cm³/mol. The molecule has 1 amide bonds. The van der Waals surface area contributed by atoms with Gasteiger partial charge < -0.3 is 19.5 Å². The molecule has 2 atom stereocenters. The van der Waals surface area contributed by atoms with E-state index in [9.17, 15) is 9.90 Å². The summed E-state index contributed by atoms with van der Waals surface area (Å²) in [5, 5.41) is 12.7. The smallest absolute Gasteiger partial charge is 0.273 e. The first-order chi connectivity index (χ1) is 10.9. The van der Waals surface area contributed by atoms with Crippen molar-refractivity contribution < 1.29 is 9.90 Å². The fraction of sp³-hybridized carbons (Fsp3) is 0.500. The van der Waals surface area contributed by atoms with Gasteiger partial charge in [-0.3, -0.25) is 4.79 Å². The van der Waals surface area contributed by atoms with Gasteiger partial charge in [0.05, 0.1) is 17.8 Å². The fourth-order valence-corrected chi connectivity index (χ4v) is 3.78. The van der Waals surface area contributed by atoms with Crippen molar-refractivity contribution in [2.75, 3.05) is 27.2 Å². The van der Waals surface area contributed by atoms with Crippen LogP contribution in [0.15, 0.2) is 17.5 Å². The van der Waals surface area contributed by atoms with Gasteiger partial charge in [-0.15, -0.1) is 11.3 Å². The molecular weight excluding hydrogens is 312 g/mol. The van der Waals surface area contributed by atoms with E-state index in [-0.39, 0.29) is 11.9 Å². The van der Waals surface area contributed by atoms with Gasteiger partial charge in [0.2, 0.25) is 0 Å². The Labute approximate surface area is 140 Å². The summed E-state index contributed by atoms with van der Waals surface area (Å²) in [6.07, 6.45) is -0.512. The topological polar surface area (TPSA) is 61.6 Å². The molecule has 23 heavy (non-hydrogen) atoms. The molecule has 0 bridgehead atoms. The Balaban J connectivity index is 1.78. The first-order valence-corrected chi connectivity index (χ1v) is 8.48. The van der Waals surface area contributed by atoms with E-state index in [0.717, 1.165) is 16.4 Å². The number of hydrogen-bond donors (Lipinski definition) is 1. The van der Waals surface area contributed by atoms with Gasteiger partial charge in [-0.25, -0.2) is 4.98 Å². The number of β-amino-alcohol motifs (C(OH)–C–C–N with tert-alkyl or cyclic N) is 1. The first kappa shape index (κ1) is 16.2. The third-order valence-electron chi connectivity index (χ3n) is 4.52. The van der Waals surface area contributed by atoms with E-state index < -0.39 is 6.10 Å². The molecule has 1 aliphatic rings. The van der Waals surface area contributed by atoms with E-state index in [1.165, 1.54) is 11.3 Å². The van der Waals surface area contributed by atoms with Crippen molar-refractivity contribution in [1.29, 1.82) is 0 Å². The molecule has 3 rings (SSSR count). The van der Waals surface area contributed by atoms with Gasteiger partial charge >= 0.3 is 0 Å². The van der Waals surface area contributed by atoms with Gasteiger partial charge in [0.1, 0.15) is 10.7 Å². The average Bonchev–Trinajstić information content (AvgIpc) is 3.19. The van der Waals surface area contributed by atoms with Crippen LogP contribution in [0.4, 0.5) is 0 Å².